The average Bonchev–Trinajstić information content (AvgIpc) is 2.47. The Morgan fingerprint density at radius 2 is 1.90 bits per heavy atom. The molecule has 1 aliphatic heterocycles. The van der Waals surface area contributed by atoms with E-state index in [0.29, 0.717) is 23.7 Å². The highest BCUT2D eigenvalue weighted by atomic mass is 16.5. The topological polar surface area (TPSA) is 81.6 Å². The van der Waals surface area contributed by atoms with E-state index < -0.39 is 0 Å². The molecule has 1 heterocycles. The summed E-state index contributed by atoms with van der Waals surface area (Å²) in [6.07, 6.45) is 0. The van der Waals surface area contributed by atoms with E-state index in [4.69, 9.17) is 16.2 Å². The number of fused-ring (bicyclic) bond motifs is 1. The summed E-state index contributed by atoms with van der Waals surface area (Å²) < 4.78 is 5.42. The lowest BCUT2D eigenvalue weighted by atomic mass is 10.1. The number of nitrogens with two attached hydrogens (primary N) is 2. The molecule has 2 aromatic carbocycles. The molecule has 102 valence electrons. The fourth-order valence-electron chi connectivity index (χ4n) is 2.23. The van der Waals surface area contributed by atoms with Crippen molar-refractivity contribution in [2.75, 3.05) is 17.2 Å². The van der Waals surface area contributed by atoms with Crippen molar-refractivity contribution in [2.24, 2.45) is 5.73 Å². The maximum atomic E-state index is 12.2. The molecular weight excluding hydrogens is 254 g/mol. The largest absolute Gasteiger partial charge is 0.482 e. The van der Waals surface area contributed by atoms with Crippen LogP contribution in [0.4, 0.5) is 17.1 Å². The van der Waals surface area contributed by atoms with E-state index in [-0.39, 0.29) is 12.5 Å². The van der Waals surface area contributed by atoms with Gasteiger partial charge in [-0.2, -0.15) is 0 Å². The van der Waals surface area contributed by atoms with Gasteiger partial charge in [0, 0.05) is 17.9 Å². The molecule has 0 fully saturated rings. The van der Waals surface area contributed by atoms with Gasteiger partial charge in [-0.1, -0.05) is 12.1 Å². The van der Waals surface area contributed by atoms with Crippen molar-refractivity contribution in [2.45, 2.75) is 6.54 Å². The Kier molecular flexibility index (Phi) is 3.04. The molecule has 0 spiro atoms. The summed E-state index contributed by atoms with van der Waals surface area (Å²) in [5.74, 6) is 0.533. The van der Waals surface area contributed by atoms with Crippen molar-refractivity contribution in [3.63, 3.8) is 0 Å². The average molecular weight is 269 g/mol. The quantitative estimate of drug-likeness (QED) is 0.814. The molecular formula is C15H15N3O2. The molecule has 20 heavy (non-hydrogen) atoms. The van der Waals surface area contributed by atoms with Crippen molar-refractivity contribution in [3.8, 4) is 5.75 Å². The molecule has 2 aromatic rings. The van der Waals surface area contributed by atoms with E-state index in [2.05, 4.69) is 0 Å². The minimum Gasteiger partial charge on any atom is -0.482 e. The predicted molar refractivity (Wildman–Crippen MR) is 77.8 cm³/mol. The Balaban J connectivity index is 2.07. The molecule has 0 saturated heterocycles. The van der Waals surface area contributed by atoms with E-state index in [1.165, 1.54) is 0 Å². The summed E-state index contributed by atoms with van der Waals surface area (Å²) in [6.45, 7) is 0.496. The van der Waals surface area contributed by atoms with Gasteiger partial charge in [0.25, 0.3) is 5.91 Å². The Morgan fingerprint density at radius 3 is 2.60 bits per heavy atom. The number of ether oxygens (including phenoxy) is 1. The van der Waals surface area contributed by atoms with Gasteiger partial charge >= 0.3 is 0 Å². The summed E-state index contributed by atoms with van der Waals surface area (Å²) in [6, 6.07) is 12.8. The second kappa shape index (κ2) is 4.86. The fourth-order valence-corrected chi connectivity index (χ4v) is 2.23. The lowest BCUT2D eigenvalue weighted by Crippen LogP contribution is -2.35. The van der Waals surface area contributed by atoms with Crippen molar-refractivity contribution in [1.29, 1.82) is 0 Å². The van der Waals surface area contributed by atoms with Gasteiger partial charge in [-0.25, -0.2) is 0 Å². The third-order valence-corrected chi connectivity index (χ3v) is 3.25. The summed E-state index contributed by atoms with van der Waals surface area (Å²) in [4.78, 5) is 13.8. The highest BCUT2D eigenvalue weighted by Gasteiger charge is 2.26. The van der Waals surface area contributed by atoms with Crippen molar-refractivity contribution in [3.05, 3.63) is 48.0 Å². The van der Waals surface area contributed by atoms with Gasteiger partial charge in [-0.15, -0.1) is 0 Å². The Morgan fingerprint density at radius 1 is 1.15 bits per heavy atom. The van der Waals surface area contributed by atoms with E-state index in [0.717, 1.165) is 11.3 Å². The highest BCUT2D eigenvalue weighted by molar-refractivity contribution is 6.04. The zero-order chi connectivity index (χ0) is 14.1. The van der Waals surface area contributed by atoms with E-state index in [1.54, 1.807) is 23.1 Å². The minimum atomic E-state index is -0.122. The van der Waals surface area contributed by atoms with Crippen LogP contribution in [0.15, 0.2) is 42.5 Å². The van der Waals surface area contributed by atoms with Crippen LogP contribution in [0.2, 0.25) is 0 Å². The Bertz CT molecular complexity index is 653. The molecule has 1 amide bonds. The monoisotopic (exact) mass is 269 g/mol. The standard InChI is InChI=1S/C15H15N3O2/c16-8-10-1-4-12(5-2-10)18-13-7-11(17)3-6-14(13)20-9-15(18)19/h1-7H,8-9,16-17H2. The van der Waals surface area contributed by atoms with Crippen molar-refractivity contribution in [1.82, 2.24) is 0 Å². The zero-order valence-electron chi connectivity index (χ0n) is 10.9. The second-order valence-electron chi connectivity index (χ2n) is 4.62. The molecule has 0 unspecified atom stereocenters. The summed E-state index contributed by atoms with van der Waals surface area (Å²) in [5, 5.41) is 0. The van der Waals surface area contributed by atoms with Crippen LogP contribution in [-0.4, -0.2) is 12.5 Å². The van der Waals surface area contributed by atoms with Crippen LogP contribution in [-0.2, 0) is 11.3 Å². The number of nitrogens with zero attached hydrogens (tertiary/aromatic N) is 1. The Labute approximate surface area is 116 Å². The highest BCUT2D eigenvalue weighted by Crippen LogP contribution is 2.38. The molecule has 3 rings (SSSR count). The van der Waals surface area contributed by atoms with Crippen LogP contribution in [0, 0.1) is 0 Å². The van der Waals surface area contributed by atoms with E-state index in [9.17, 15) is 4.79 Å². The lowest BCUT2D eigenvalue weighted by Gasteiger charge is -2.29. The molecule has 0 atom stereocenters. The van der Waals surface area contributed by atoms with Gasteiger partial charge in [0.1, 0.15) is 5.75 Å². The third kappa shape index (κ3) is 2.08. The van der Waals surface area contributed by atoms with Gasteiger partial charge in [-0.3, -0.25) is 9.69 Å². The fraction of sp³-hybridized carbons (Fsp3) is 0.133. The molecule has 1 aliphatic rings. The van der Waals surface area contributed by atoms with Crippen LogP contribution >= 0.6 is 0 Å². The first-order chi connectivity index (χ1) is 9.69. The van der Waals surface area contributed by atoms with E-state index in [1.807, 2.05) is 24.3 Å². The first kappa shape index (κ1) is 12.5. The Hall–Kier alpha value is -2.53. The number of carbonyl (C=O) groups excluding carboxylic acids is 1. The third-order valence-electron chi connectivity index (χ3n) is 3.25. The van der Waals surface area contributed by atoms with Crippen LogP contribution in [0.5, 0.6) is 5.75 Å². The molecule has 0 radical (unpaired) electrons. The van der Waals surface area contributed by atoms with Gasteiger partial charge in [0.05, 0.1) is 5.69 Å². The number of anilines is 3. The summed E-state index contributed by atoms with van der Waals surface area (Å²) in [7, 11) is 0. The van der Waals surface area contributed by atoms with Crippen LogP contribution in [0.1, 0.15) is 5.56 Å². The van der Waals surface area contributed by atoms with Gasteiger partial charge in [0.15, 0.2) is 6.61 Å². The molecule has 0 aliphatic carbocycles. The lowest BCUT2D eigenvalue weighted by molar-refractivity contribution is -0.120. The van der Waals surface area contributed by atoms with Gasteiger partial charge < -0.3 is 16.2 Å². The molecule has 0 aromatic heterocycles. The minimum absolute atomic E-state index is 0.0234. The zero-order valence-corrected chi connectivity index (χ0v) is 10.9. The first-order valence-electron chi connectivity index (χ1n) is 6.33. The summed E-state index contributed by atoms with van der Waals surface area (Å²) >= 11 is 0. The van der Waals surface area contributed by atoms with Crippen molar-refractivity contribution >= 4 is 23.0 Å². The van der Waals surface area contributed by atoms with E-state index >= 15 is 0 Å². The maximum absolute atomic E-state index is 12.2. The number of carbonyl (C=O) groups is 1. The second-order valence-corrected chi connectivity index (χ2v) is 4.62. The van der Waals surface area contributed by atoms with Crippen LogP contribution in [0.3, 0.4) is 0 Å². The summed E-state index contributed by atoms with van der Waals surface area (Å²) in [5.41, 5.74) is 14.4. The van der Waals surface area contributed by atoms with Crippen LogP contribution in [0.25, 0.3) is 0 Å². The normalized spacial score (nSPS) is 13.8. The smallest absolute Gasteiger partial charge is 0.269 e. The molecule has 0 bridgehead atoms. The molecule has 5 heteroatoms. The number of benzene rings is 2. The first-order valence-corrected chi connectivity index (χ1v) is 6.33. The van der Waals surface area contributed by atoms with Gasteiger partial charge in [0.2, 0.25) is 0 Å². The van der Waals surface area contributed by atoms with Gasteiger partial charge in [-0.05, 0) is 35.9 Å². The number of hydrogen-bond acceptors (Lipinski definition) is 4. The molecule has 5 nitrogen and oxygen atoms in total. The van der Waals surface area contributed by atoms with Crippen LogP contribution < -0.4 is 21.1 Å². The molecule has 4 N–H and O–H groups in total. The SMILES string of the molecule is NCc1ccc(N2C(=O)COc3ccc(N)cc32)cc1. The molecule has 0 saturated carbocycles. The number of amides is 1. The number of nitrogen functional groups attached to an aromatic ring is 1. The van der Waals surface area contributed by atoms with Crippen molar-refractivity contribution < 1.29 is 9.53 Å². The maximum Gasteiger partial charge on any atom is 0.269 e. The number of hydrogen-bond donors (Lipinski definition) is 2. The number of rotatable bonds is 2. The predicted octanol–water partition coefficient (Wildman–Crippen LogP) is 1.78.